The molecule has 2 fully saturated rings. The van der Waals surface area contributed by atoms with Gasteiger partial charge >= 0.3 is 0 Å². The molecule has 0 spiro atoms. The first-order valence-electron chi connectivity index (χ1n) is 8.45. The summed E-state index contributed by atoms with van der Waals surface area (Å²) in [7, 11) is -3.05. The Morgan fingerprint density at radius 1 is 1.12 bits per heavy atom. The maximum absolute atomic E-state index is 12.8. The van der Waals surface area contributed by atoms with E-state index >= 15 is 0 Å². The van der Waals surface area contributed by atoms with E-state index in [0.717, 1.165) is 25.7 Å². The number of carbonyl (C=O) groups excluding carboxylic acids is 1. The summed E-state index contributed by atoms with van der Waals surface area (Å²) < 4.78 is 29.2. The molecular weight excluding hydrogens is 385 g/mol. The van der Waals surface area contributed by atoms with E-state index in [4.69, 9.17) is 27.9 Å². The lowest BCUT2D eigenvalue weighted by Crippen LogP contribution is -2.48. The van der Waals surface area contributed by atoms with Crippen molar-refractivity contribution in [2.45, 2.75) is 44.2 Å². The molecule has 25 heavy (non-hydrogen) atoms. The third-order valence-corrected chi connectivity index (χ3v) is 7.35. The van der Waals surface area contributed by atoms with E-state index in [0.29, 0.717) is 22.2 Å². The summed E-state index contributed by atoms with van der Waals surface area (Å²) in [6.45, 7) is -0.134. The predicted octanol–water partition coefficient (Wildman–Crippen LogP) is 3.33. The summed E-state index contributed by atoms with van der Waals surface area (Å²) in [5.41, 5.74) is 0. The Kier molecular flexibility index (Phi) is 5.81. The van der Waals surface area contributed by atoms with Gasteiger partial charge in [-0.1, -0.05) is 36.0 Å². The largest absolute Gasteiger partial charge is 0.484 e. The van der Waals surface area contributed by atoms with Gasteiger partial charge in [-0.3, -0.25) is 4.79 Å². The van der Waals surface area contributed by atoms with Gasteiger partial charge < -0.3 is 9.64 Å². The molecule has 3 rings (SSSR count). The van der Waals surface area contributed by atoms with Crippen molar-refractivity contribution in [3.63, 3.8) is 0 Å². The van der Waals surface area contributed by atoms with E-state index in [1.165, 1.54) is 0 Å². The maximum atomic E-state index is 12.8. The number of sulfone groups is 1. The summed E-state index contributed by atoms with van der Waals surface area (Å²) in [6, 6.07) is 4.71. The highest BCUT2D eigenvalue weighted by atomic mass is 35.5. The first-order valence-corrected chi connectivity index (χ1v) is 11.0. The molecule has 1 saturated heterocycles. The molecule has 138 valence electrons. The van der Waals surface area contributed by atoms with Crippen molar-refractivity contribution in [1.82, 2.24) is 4.90 Å². The predicted molar refractivity (Wildman–Crippen MR) is 98.1 cm³/mol. The van der Waals surface area contributed by atoms with Crippen molar-refractivity contribution in [3.05, 3.63) is 28.2 Å². The average molecular weight is 406 g/mol. The van der Waals surface area contributed by atoms with Gasteiger partial charge in [-0.15, -0.1) is 0 Å². The highest BCUT2D eigenvalue weighted by Gasteiger charge is 2.39. The minimum Gasteiger partial charge on any atom is -0.484 e. The molecule has 1 saturated carbocycles. The molecule has 2 aliphatic rings. The van der Waals surface area contributed by atoms with Crippen LogP contribution in [-0.2, 0) is 14.6 Å². The topological polar surface area (TPSA) is 63.7 Å². The van der Waals surface area contributed by atoms with E-state index in [1.807, 2.05) is 0 Å². The first-order chi connectivity index (χ1) is 11.9. The smallest absolute Gasteiger partial charge is 0.261 e. The van der Waals surface area contributed by atoms with Crippen LogP contribution in [0, 0.1) is 0 Å². The fraction of sp³-hybridized carbons (Fsp3) is 0.588. The van der Waals surface area contributed by atoms with Crippen LogP contribution in [0.1, 0.15) is 32.1 Å². The third-order valence-electron chi connectivity index (χ3n) is 4.86. The van der Waals surface area contributed by atoms with Gasteiger partial charge in [0.25, 0.3) is 5.91 Å². The molecule has 1 aromatic carbocycles. The number of benzene rings is 1. The SMILES string of the molecule is O=C(COc1ccc(Cl)c(Cl)c1)N(C1CCCC1)C1CCS(=O)(=O)C1. The van der Waals surface area contributed by atoms with Crippen LogP contribution in [0.4, 0.5) is 0 Å². The number of rotatable bonds is 5. The van der Waals surface area contributed by atoms with Gasteiger partial charge in [-0.2, -0.15) is 0 Å². The molecule has 0 N–H and O–H groups in total. The van der Waals surface area contributed by atoms with Gasteiger partial charge in [0, 0.05) is 18.2 Å². The van der Waals surface area contributed by atoms with Crippen molar-refractivity contribution >= 4 is 38.9 Å². The monoisotopic (exact) mass is 405 g/mol. The molecule has 1 aromatic rings. The molecule has 0 aromatic heterocycles. The first kappa shape index (κ1) is 18.8. The van der Waals surface area contributed by atoms with Gasteiger partial charge in [0.2, 0.25) is 0 Å². The normalized spacial score (nSPS) is 22.9. The van der Waals surface area contributed by atoms with Crippen molar-refractivity contribution in [3.8, 4) is 5.75 Å². The Hall–Kier alpha value is -0.980. The molecule has 0 radical (unpaired) electrons. The number of amides is 1. The number of hydrogen-bond donors (Lipinski definition) is 0. The fourth-order valence-electron chi connectivity index (χ4n) is 3.67. The van der Waals surface area contributed by atoms with Crippen LogP contribution in [0.25, 0.3) is 0 Å². The summed E-state index contributed by atoms with van der Waals surface area (Å²) in [6.07, 6.45) is 4.50. The lowest BCUT2D eigenvalue weighted by atomic mass is 10.1. The number of ether oxygens (including phenoxy) is 1. The minimum atomic E-state index is -3.05. The molecular formula is C17H21Cl2NO4S. The van der Waals surface area contributed by atoms with Crippen molar-refractivity contribution in [2.75, 3.05) is 18.1 Å². The van der Waals surface area contributed by atoms with E-state index < -0.39 is 9.84 Å². The zero-order chi connectivity index (χ0) is 18.0. The van der Waals surface area contributed by atoms with Crippen LogP contribution in [-0.4, -0.2) is 49.4 Å². The highest BCUT2D eigenvalue weighted by Crippen LogP contribution is 2.30. The van der Waals surface area contributed by atoms with Gasteiger partial charge in [0.15, 0.2) is 16.4 Å². The molecule has 1 aliphatic carbocycles. The zero-order valence-electron chi connectivity index (χ0n) is 13.8. The van der Waals surface area contributed by atoms with Crippen LogP contribution in [0.3, 0.4) is 0 Å². The fourth-order valence-corrected chi connectivity index (χ4v) is 5.67. The molecule has 1 amide bonds. The molecule has 1 unspecified atom stereocenters. The maximum Gasteiger partial charge on any atom is 0.261 e. The van der Waals surface area contributed by atoms with Crippen LogP contribution >= 0.6 is 23.2 Å². The van der Waals surface area contributed by atoms with E-state index in [9.17, 15) is 13.2 Å². The van der Waals surface area contributed by atoms with Crippen molar-refractivity contribution < 1.29 is 17.9 Å². The third kappa shape index (κ3) is 4.60. The van der Waals surface area contributed by atoms with Crippen LogP contribution in [0.15, 0.2) is 18.2 Å². The standard InChI is InChI=1S/C17H21Cl2NO4S/c18-15-6-5-14(9-16(15)19)24-10-17(21)20(12-3-1-2-4-12)13-7-8-25(22,23)11-13/h5-6,9,12-13H,1-4,7-8,10-11H2. The molecule has 5 nitrogen and oxygen atoms in total. The zero-order valence-corrected chi connectivity index (χ0v) is 16.1. The number of carbonyl (C=O) groups is 1. The second-order valence-corrected chi connectivity index (χ2v) is 9.70. The van der Waals surface area contributed by atoms with Crippen molar-refractivity contribution in [1.29, 1.82) is 0 Å². The van der Waals surface area contributed by atoms with Crippen LogP contribution in [0.2, 0.25) is 10.0 Å². The second kappa shape index (κ2) is 7.72. The number of nitrogens with zero attached hydrogens (tertiary/aromatic N) is 1. The molecule has 0 bridgehead atoms. The molecule has 1 aliphatic heterocycles. The van der Waals surface area contributed by atoms with Crippen molar-refractivity contribution in [2.24, 2.45) is 0 Å². The van der Waals surface area contributed by atoms with Gasteiger partial charge in [0.05, 0.1) is 21.6 Å². The molecule has 1 atom stereocenters. The van der Waals surface area contributed by atoms with Gasteiger partial charge in [0.1, 0.15) is 5.75 Å². The second-order valence-electron chi connectivity index (χ2n) is 6.66. The minimum absolute atomic E-state index is 0.0576. The molecule has 8 heteroatoms. The van der Waals surface area contributed by atoms with E-state index in [-0.39, 0.29) is 36.1 Å². The lowest BCUT2D eigenvalue weighted by molar-refractivity contribution is -0.137. The Morgan fingerprint density at radius 2 is 1.84 bits per heavy atom. The van der Waals surface area contributed by atoms with Gasteiger partial charge in [-0.05, 0) is 31.4 Å². The van der Waals surface area contributed by atoms with Crippen LogP contribution < -0.4 is 4.74 Å². The highest BCUT2D eigenvalue weighted by molar-refractivity contribution is 7.91. The lowest BCUT2D eigenvalue weighted by Gasteiger charge is -2.34. The van der Waals surface area contributed by atoms with E-state index in [2.05, 4.69) is 0 Å². The molecule has 1 heterocycles. The Morgan fingerprint density at radius 3 is 2.44 bits per heavy atom. The van der Waals surface area contributed by atoms with E-state index in [1.54, 1.807) is 23.1 Å². The quantitative estimate of drug-likeness (QED) is 0.753. The Labute approximate surface area is 158 Å². The number of hydrogen-bond acceptors (Lipinski definition) is 4. The Bertz CT molecular complexity index is 747. The summed E-state index contributed by atoms with van der Waals surface area (Å²) in [5.74, 6) is 0.511. The Balaban J connectivity index is 1.69. The van der Waals surface area contributed by atoms with Crippen LogP contribution in [0.5, 0.6) is 5.75 Å². The summed E-state index contributed by atoms with van der Waals surface area (Å²) in [5, 5.41) is 0.783. The number of halogens is 2. The summed E-state index contributed by atoms with van der Waals surface area (Å²) in [4.78, 5) is 14.6. The van der Waals surface area contributed by atoms with Gasteiger partial charge in [-0.25, -0.2) is 8.42 Å². The average Bonchev–Trinajstić information content (AvgIpc) is 3.19. The summed E-state index contributed by atoms with van der Waals surface area (Å²) >= 11 is 11.8.